The zero-order valence-corrected chi connectivity index (χ0v) is 16.1. The minimum atomic E-state index is -0.296. The van der Waals surface area contributed by atoms with Crippen LogP contribution in [0.25, 0.3) is 5.69 Å². The van der Waals surface area contributed by atoms with Crippen molar-refractivity contribution in [1.82, 2.24) is 4.57 Å². The van der Waals surface area contributed by atoms with Gasteiger partial charge in [-0.2, -0.15) is 0 Å². The summed E-state index contributed by atoms with van der Waals surface area (Å²) in [6, 6.07) is 17.8. The molecule has 5 heteroatoms. The highest BCUT2D eigenvalue weighted by Crippen LogP contribution is 2.34. The molecule has 140 valence electrons. The van der Waals surface area contributed by atoms with Crippen LogP contribution in [-0.4, -0.2) is 23.1 Å². The molecule has 0 N–H and O–H groups in total. The highest BCUT2D eigenvalue weighted by Gasteiger charge is 2.25. The number of rotatable bonds is 6. The van der Waals surface area contributed by atoms with Crippen LogP contribution < -0.4 is 4.74 Å². The molecule has 0 unspecified atom stereocenters. The predicted molar refractivity (Wildman–Crippen MR) is 107 cm³/mol. The smallest absolute Gasteiger partial charge is 0.214 e. The topological polar surface area (TPSA) is 57.3 Å². The molecular weight excluding hydrogens is 340 g/mol. The van der Waals surface area contributed by atoms with Crippen molar-refractivity contribution in [3.05, 3.63) is 92.8 Å². The van der Waals surface area contributed by atoms with Crippen molar-refractivity contribution in [1.29, 1.82) is 0 Å². The number of para-hydroxylation sites is 2. The fraction of sp³-hybridized carbons (Fsp3) is 0.273. The molecule has 0 aliphatic heterocycles. The van der Waals surface area contributed by atoms with E-state index in [4.69, 9.17) is 4.74 Å². The van der Waals surface area contributed by atoms with Gasteiger partial charge in [-0.3, -0.25) is 10.1 Å². The summed E-state index contributed by atoms with van der Waals surface area (Å²) in [5.74, 6) is 0.474. The summed E-state index contributed by atoms with van der Waals surface area (Å²) >= 11 is 0. The van der Waals surface area contributed by atoms with Gasteiger partial charge >= 0.3 is 0 Å². The Morgan fingerprint density at radius 3 is 2.37 bits per heavy atom. The van der Waals surface area contributed by atoms with Gasteiger partial charge in [0.1, 0.15) is 5.75 Å². The normalized spacial score (nSPS) is 12.0. The Morgan fingerprint density at radius 2 is 1.74 bits per heavy atom. The van der Waals surface area contributed by atoms with Crippen LogP contribution in [0.1, 0.15) is 34.0 Å². The number of ether oxygens (including phenoxy) is 1. The lowest BCUT2D eigenvalue weighted by atomic mass is 9.91. The molecule has 0 fully saturated rings. The number of benzene rings is 2. The fourth-order valence-electron chi connectivity index (χ4n) is 3.66. The Kier molecular flexibility index (Phi) is 5.31. The lowest BCUT2D eigenvalue weighted by molar-refractivity contribution is -0.481. The van der Waals surface area contributed by atoms with Crippen LogP contribution in [0.5, 0.6) is 5.75 Å². The molecule has 3 aromatic rings. The monoisotopic (exact) mass is 364 g/mol. The van der Waals surface area contributed by atoms with Gasteiger partial charge in [-0.15, -0.1) is 0 Å². The fourth-order valence-corrected chi connectivity index (χ4v) is 3.66. The van der Waals surface area contributed by atoms with Crippen molar-refractivity contribution in [3.8, 4) is 11.4 Å². The first kappa shape index (κ1) is 18.7. The van der Waals surface area contributed by atoms with E-state index >= 15 is 0 Å². The standard InChI is InChI=1S/C22H24N2O3/c1-15-9-11-18(12-10-15)20(14-23(25)26)19-13-16(2)24(17(19)3)21-7-5-6-8-22(21)27-4/h5-13,20H,14H2,1-4H3/t20-/m1/s1. The van der Waals surface area contributed by atoms with Gasteiger partial charge in [0.15, 0.2) is 0 Å². The SMILES string of the molecule is COc1ccccc1-n1c(C)cc([C@H](C[N+](=O)[O-])c2ccc(C)cc2)c1C. The van der Waals surface area contributed by atoms with E-state index in [0.717, 1.165) is 39.5 Å². The maximum absolute atomic E-state index is 11.4. The molecule has 0 radical (unpaired) electrons. The summed E-state index contributed by atoms with van der Waals surface area (Å²) < 4.78 is 7.62. The maximum atomic E-state index is 11.4. The van der Waals surface area contributed by atoms with Crippen LogP contribution in [-0.2, 0) is 0 Å². The Morgan fingerprint density at radius 1 is 1.07 bits per heavy atom. The van der Waals surface area contributed by atoms with E-state index < -0.39 is 0 Å². The molecule has 1 atom stereocenters. The van der Waals surface area contributed by atoms with E-state index in [1.807, 2.05) is 69.3 Å². The Labute approximate surface area is 159 Å². The summed E-state index contributed by atoms with van der Waals surface area (Å²) in [5, 5.41) is 11.4. The van der Waals surface area contributed by atoms with Crippen molar-refractivity contribution in [2.75, 3.05) is 13.7 Å². The van der Waals surface area contributed by atoms with Gasteiger partial charge in [-0.1, -0.05) is 42.0 Å². The molecule has 0 spiro atoms. The zero-order valence-electron chi connectivity index (χ0n) is 16.1. The maximum Gasteiger partial charge on any atom is 0.214 e. The third-order valence-electron chi connectivity index (χ3n) is 4.98. The molecule has 0 aliphatic carbocycles. The van der Waals surface area contributed by atoms with Crippen LogP contribution >= 0.6 is 0 Å². The first-order valence-electron chi connectivity index (χ1n) is 8.93. The van der Waals surface area contributed by atoms with Crippen molar-refractivity contribution >= 4 is 0 Å². The van der Waals surface area contributed by atoms with Crippen LogP contribution in [0.4, 0.5) is 0 Å². The van der Waals surface area contributed by atoms with Crippen molar-refractivity contribution < 1.29 is 9.66 Å². The molecule has 0 bridgehead atoms. The Balaban J connectivity index is 2.14. The van der Waals surface area contributed by atoms with E-state index in [-0.39, 0.29) is 17.4 Å². The number of aromatic nitrogens is 1. The predicted octanol–water partition coefficient (Wildman–Crippen LogP) is 4.82. The first-order chi connectivity index (χ1) is 12.9. The van der Waals surface area contributed by atoms with Crippen molar-refractivity contribution in [2.45, 2.75) is 26.7 Å². The number of methoxy groups -OCH3 is 1. The molecule has 1 heterocycles. The summed E-state index contributed by atoms with van der Waals surface area (Å²) in [5.41, 5.74) is 6.01. The van der Waals surface area contributed by atoms with Crippen LogP contribution in [0, 0.1) is 30.9 Å². The number of hydrogen-bond acceptors (Lipinski definition) is 3. The van der Waals surface area contributed by atoms with Gasteiger partial charge in [0, 0.05) is 16.3 Å². The lowest BCUT2D eigenvalue weighted by Crippen LogP contribution is -2.15. The van der Waals surface area contributed by atoms with Crippen molar-refractivity contribution in [2.24, 2.45) is 0 Å². The molecule has 3 rings (SSSR count). The second-order valence-electron chi connectivity index (χ2n) is 6.81. The van der Waals surface area contributed by atoms with E-state index in [2.05, 4.69) is 10.6 Å². The second kappa shape index (κ2) is 7.66. The lowest BCUT2D eigenvalue weighted by Gasteiger charge is -2.17. The van der Waals surface area contributed by atoms with Gasteiger partial charge in [-0.25, -0.2) is 0 Å². The van der Waals surface area contributed by atoms with Crippen molar-refractivity contribution in [3.63, 3.8) is 0 Å². The number of nitro groups is 1. The summed E-state index contributed by atoms with van der Waals surface area (Å²) in [6.07, 6.45) is 0. The minimum Gasteiger partial charge on any atom is -0.495 e. The number of hydrogen-bond donors (Lipinski definition) is 0. The Bertz CT molecular complexity index is 958. The van der Waals surface area contributed by atoms with Crippen LogP contribution in [0.3, 0.4) is 0 Å². The largest absolute Gasteiger partial charge is 0.495 e. The third kappa shape index (κ3) is 3.72. The minimum absolute atomic E-state index is 0.140. The molecule has 2 aromatic carbocycles. The average Bonchev–Trinajstić information content (AvgIpc) is 2.94. The highest BCUT2D eigenvalue weighted by molar-refractivity contribution is 5.52. The molecule has 5 nitrogen and oxygen atoms in total. The number of aryl methyl sites for hydroxylation is 2. The van der Waals surface area contributed by atoms with E-state index in [1.165, 1.54) is 0 Å². The van der Waals surface area contributed by atoms with Gasteiger partial charge in [0.25, 0.3) is 0 Å². The zero-order chi connectivity index (χ0) is 19.6. The first-order valence-corrected chi connectivity index (χ1v) is 8.93. The van der Waals surface area contributed by atoms with Gasteiger partial charge in [0.2, 0.25) is 6.54 Å². The quantitative estimate of drug-likeness (QED) is 0.465. The molecule has 27 heavy (non-hydrogen) atoms. The second-order valence-corrected chi connectivity index (χ2v) is 6.81. The Hall–Kier alpha value is -3.08. The molecular formula is C22H24N2O3. The molecule has 0 saturated carbocycles. The van der Waals surface area contributed by atoms with E-state index in [0.29, 0.717) is 0 Å². The molecule has 0 aliphatic rings. The van der Waals surface area contributed by atoms with Crippen LogP contribution in [0.15, 0.2) is 54.6 Å². The van der Waals surface area contributed by atoms with Crippen LogP contribution in [0.2, 0.25) is 0 Å². The average molecular weight is 364 g/mol. The molecule has 0 amide bonds. The number of nitrogens with zero attached hydrogens (tertiary/aromatic N) is 2. The van der Waals surface area contributed by atoms with Gasteiger partial charge < -0.3 is 9.30 Å². The molecule has 1 aromatic heterocycles. The third-order valence-corrected chi connectivity index (χ3v) is 4.98. The summed E-state index contributed by atoms with van der Waals surface area (Å²) in [4.78, 5) is 11.1. The van der Waals surface area contributed by atoms with Gasteiger partial charge in [-0.05, 0) is 50.1 Å². The van der Waals surface area contributed by atoms with Gasteiger partial charge in [0.05, 0.1) is 18.7 Å². The summed E-state index contributed by atoms with van der Waals surface area (Å²) in [6.45, 7) is 5.90. The summed E-state index contributed by atoms with van der Waals surface area (Å²) in [7, 11) is 1.65. The van der Waals surface area contributed by atoms with E-state index in [1.54, 1.807) is 7.11 Å². The molecule has 0 saturated heterocycles. The van der Waals surface area contributed by atoms with E-state index in [9.17, 15) is 10.1 Å². The highest BCUT2D eigenvalue weighted by atomic mass is 16.6.